The van der Waals surface area contributed by atoms with Gasteiger partial charge in [0.25, 0.3) is 0 Å². The fraction of sp³-hybridized carbons (Fsp3) is 0.793. The van der Waals surface area contributed by atoms with Crippen molar-refractivity contribution in [2.45, 2.75) is 123 Å². The lowest BCUT2D eigenvalue weighted by atomic mass is 10.1. The molecule has 0 aromatic heterocycles. The highest BCUT2D eigenvalue weighted by molar-refractivity contribution is 5.88. The summed E-state index contributed by atoms with van der Waals surface area (Å²) in [5.41, 5.74) is 0.787. The molecule has 0 spiro atoms. The monoisotopic (exact) mass is 494 g/mol. The number of unbranched alkanes of at least 4 members (excludes halogenated alkanes) is 11. The molecule has 1 aliphatic heterocycles. The lowest BCUT2D eigenvalue weighted by molar-refractivity contribution is -0.150. The SMILES string of the molecule is C=CNC.CCCCCCCC/C=C\CCCCCCCC(=O)OCC1COC(C)(C(C)=NC)O1. The van der Waals surface area contributed by atoms with Crippen LogP contribution in [-0.4, -0.2) is 50.9 Å². The first-order chi connectivity index (χ1) is 16.9. The average molecular weight is 495 g/mol. The quantitative estimate of drug-likeness (QED) is 0.0894. The molecule has 0 saturated carbocycles. The molecule has 0 aromatic rings. The Morgan fingerprint density at radius 3 is 2.14 bits per heavy atom. The molecule has 2 atom stereocenters. The van der Waals surface area contributed by atoms with Crippen molar-refractivity contribution in [2.75, 3.05) is 27.3 Å². The van der Waals surface area contributed by atoms with E-state index in [9.17, 15) is 4.79 Å². The van der Waals surface area contributed by atoms with Crippen LogP contribution in [0, 0.1) is 0 Å². The number of carbonyl (C=O) groups is 1. The lowest BCUT2D eigenvalue weighted by Gasteiger charge is -2.22. The standard InChI is InChI=1S/C26H47NO4.C3H7N/c1-5-6-7-8-9-10-11-12-13-14-15-16-17-18-19-20-25(28)29-21-24-22-30-26(3,31-24)23(2)27-4;1-3-4-2/h12-13,24H,5-11,14-22H2,1-4H3;3-4H,1H2,2H3/b13-12-,27-23?;. The molecule has 0 radical (unpaired) electrons. The minimum atomic E-state index is -0.796. The minimum absolute atomic E-state index is 0.143. The minimum Gasteiger partial charge on any atom is -0.463 e. The second-order valence-electron chi connectivity index (χ2n) is 9.32. The zero-order valence-corrected chi connectivity index (χ0v) is 23.4. The summed E-state index contributed by atoms with van der Waals surface area (Å²) in [5, 5.41) is 2.69. The van der Waals surface area contributed by atoms with Gasteiger partial charge in [-0.25, -0.2) is 0 Å². The molecule has 6 nitrogen and oxygen atoms in total. The first-order valence-corrected chi connectivity index (χ1v) is 13.8. The largest absolute Gasteiger partial charge is 0.463 e. The predicted molar refractivity (Wildman–Crippen MR) is 148 cm³/mol. The molecule has 1 rings (SSSR count). The Morgan fingerprint density at radius 2 is 1.60 bits per heavy atom. The van der Waals surface area contributed by atoms with Crippen LogP contribution in [0.3, 0.4) is 0 Å². The highest BCUT2D eigenvalue weighted by Gasteiger charge is 2.40. The van der Waals surface area contributed by atoms with Gasteiger partial charge >= 0.3 is 5.97 Å². The van der Waals surface area contributed by atoms with Gasteiger partial charge in [-0.15, -0.1) is 0 Å². The van der Waals surface area contributed by atoms with Gasteiger partial charge in [0.1, 0.15) is 12.7 Å². The third-order valence-electron chi connectivity index (χ3n) is 6.21. The molecule has 1 saturated heterocycles. The second-order valence-corrected chi connectivity index (χ2v) is 9.32. The number of allylic oxidation sites excluding steroid dienone is 2. The summed E-state index contributed by atoms with van der Waals surface area (Å²) < 4.78 is 16.9. The molecule has 35 heavy (non-hydrogen) atoms. The second kappa shape index (κ2) is 22.8. The van der Waals surface area contributed by atoms with Gasteiger partial charge in [0.15, 0.2) is 0 Å². The Bertz CT molecular complexity index is 591. The number of hydrogen-bond donors (Lipinski definition) is 1. The normalized spacial score (nSPS) is 19.9. The lowest BCUT2D eigenvalue weighted by Crippen LogP contribution is -2.36. The van der Waals surface area contributed by atoms with Crippen LogP contribution in [0.4, 0.5) is 0 Å². The molecule has 0 aromatic carbocycles. The van der Waals surface area contributed by atoms with Crippen LogP contribution in [0.25, 0.3) is 0 Å². The van der Waals surface area contributed by atoms with E-state index >= 15 is 0 Å². The van der Waals surface area contributed by atoms with E-state index in [4.69, 9.17) is 14.2 Å². The molecule has 1 fully saturated rings. The van der Waals surface area contributed by atoms with Crippen molar-refractivity contribution >= 4 is 11.7 Å². The van der Waals surface area contributed by atoms with E-state index in [1.807, 2.05) is 20.9 Å². The van der Waals surface area contributed by atoms with Crippen molar-refractivity contribution in [3.8, 4) is 0 Å². The zero-order chi connectivity index (χ0) is 26.2. The Hall–Kier alpha value is -1.66. The number of carbonyl (C=O) groups excluding carboxylic acids is 1. The van der Waals surface area contributed by atoms with E-state index in [1.165, 1.54) is 70.6 Å². The number of esters is 1. The van der Waals surface area contributed by atoms with Crippen LogP contribution in [0.1, 0.15) is 111 Å². The van der Waals surface area contributed by atoms with Crippen molar-refractivity contribution in [3.05, 3.63) is 24.9 Å². The Labute approximate surface area is 216 Å². The van der Waals surface area contributed by atoms with Crippen molar-refractivity contribution in [2.24, 2.45) is 4.99 Å². The molecule has 1 aliphatic rings. The highest BCUT2D eigenvalue weighted by atomic mass is 16.8. The van der Waals surface area contributed by atoms with E-state index in [2.05, 4.69) is 36.0 Å². The van der Waals surface area contributed by atoms with E-state index in [-0.39, 0.29) is 18.7 Å². The maximum atomic E-state index is 11.9. The molecular formula is C29H54N2O4. The van der Waals surface area contributed by atoms with Crippen LogP contribution in [0.2, 0.25) is 0 Å². The summed E-state index contributed by atoms with van der Waals surface area (Å²) in [7, 11) is 3.53. The topological polar surface area (TPSA) is 69.2 Å². The van der Waals surface area contributed by atoms with Gasteiger partial charge < -0.3 is 19.5 Å². The fourth-order valence-electron chi connectivity index (χ4n) is 3.71. The summed E-state index contributed by atoms with van der Waals surface area (Å²) >= 11 is 0. The zero-order valence-electron chi connectivity index (χ0n) is 23.4. The van der Waals surface area contributed by atoms with Gasteiger partial charge in [0, 0.05) is 20.5 Å². The molecule has 1 heterocycles. The molecule has 0 amide bonds. The van der Waals surface area contributed by atoms with Crippen LogP contribution in [0.5, 0.6) is 0 Å². The highest BCUT2D eigenvalue weighted by Crippen LogP contribution is 2.25. The van der Waals surface area contributed by atoms with Crippen LogP contribution < -0.4 is 5.32 Å². The van der Waals surface area contributed by atoms with Gasteiger partial charge in [-0.2, -0.15) is 0 Å². The van der Waals surface area contributed by atoms with Gasteiger partial charge in [0.05, 0.1) is 12.3 Å². The third-order valence-corrected chi connectivity index (χ3v) is 6.21. The summed E-state index contributed by atoms with van der Waals surface area (Å²) in [4.78, 5) is 16.1. The molecule has 2 unspecified atom stereocenters. The molecule has 6 heteroatoms. The maximum absolute atomic E-state index is 11.9. The van der Waals surface area contributed by atoms with Crippen LogP contribution >= 0.6 is 0 Å². The van der Waals surface area contributed by atoms with Crippen molar-refractivity contribution in [1.82, 2.24) is 5.32 Å². The van der Waals surface area contributed by atoms with E-state index < -0.39 is 5.79 Å². The Balaban J connectivity index is 0.00000267. The predicted octanol–water partition coefficient (Wildman–Crippen LogP) is 7.14. The maximum Gasteiger partial charge on any atom is 0.305 e. The van der Waals surface area contributed by atoms with E-state index in [0.717, 1.165) is 18.6 Å². The average Bonchev–Trinajstić information content (AvgIpc) is 3.26. The third kappa shape index (κ3) is 18.3. The van der Waals surface area contributed by atoms with E-state index in [1.54, 1.807) is 13.2 Å². The smallest absolute Gasteiger partial charge is 0.305 e. The first kappa shape index (κ1) is 33.3. The number of rotatable bonds is 19. The number of nitrogens with zero attached hydrogens (tertiary/aromatic N) is 1. The van der Waals surface area contributed by atoms with Gasteiger partial charge in [-0.3, -0.25) is 9.79 Å². The van der Waals surface area contributed by atoms with Crippen molar-refractivity contribution < 1.29 is 19.0 Å². The van der Waals surface area contributed by atoms with Gasteiger partial charge in [0.2, 0.25) is 5.79 Å². The van der Waals surface area contributed by atoms with Gasteiger partial charge in [-0.05, 0) is 52.2 Å². The Morgan fingerprint density at radius 1 is 1.06 bits per heavy atom. The number of nitrogens with one attached hydrogen (secondary N) is 1. The summed E-state index contributed by atoms with van der Waals surface area (Å²) in [6, 6.07) is 0. The number of aliphatic imine (C=N–C) groups is 1. The van der Waals surface area contributed by atoms with E-state index in [0.29, 0.717) is 13.0 Å². The fourth-order valence-corrected chi connectivity index (χ4v) is 3.71. The summed E-state index contributed by atoms with van der Waals surface area (Å²) in [5.74, 6) is -0.939. The van der Waals surface area contributed by atoms with Crippen molar-refractivity contribution in [1.29, 1.82) is 0 Å². The van der Waals surface area contributed by atoms with Crippen LogP contribution in [-0.2, 0) is 19.0 Å². The summed E-state index contributed by atoms with van der Waals surface area (Å²) in [6.07, 6.45) is 22.9. The number of hydrogen-bond acceptors (Lipinski definition) is 6. The molecule has 204 valence electrons. The van der Waals surface area contributed by atoms with Gasteiger partial charge in [-0.1, -0.05) is 77.0 Å². The van der Waals surface area contributed by atoms with Crippen LogP contribution in [0.15, 0.2) is 29.9 Å². The Kier molecular flexibility index (Phi) is 21.7. The molecular weight excluding hydrogens is 440 g/mol. The molecule has 0 bridgehead atoms. The molecule has 1 N–H and O–H groups in total. The first-order valence-electron chi connectivity index (χ1n) is 13.8. The summed E-state index contributed by atoms with van der Waals surface area (Å²) in [6.45, 7) is 10.0. The van der Waals surface area contributed by atoms with Crippen molar-refractivity contribution in [3.63, 3.8) is 0 Å². The number of ether oxygens (including phenoxy) is 3. The molecule has 0 aliphatic carbocycles.